The van der Waals surface area contributed by atoms with Gasteiger partial charge in [-0.05, 0) is 65.2 Å². The summed E-state index contributed by atoms with van der Waals surface area (Å²) in [7, 11) is 0. The smallest absolute Gasteiger partial charge is 0.407 e. The molecule has 156 valence electrons. The number of aliphatic carboxylic acids is 1. The lowest BCUT2D eigenvalue weighted by atomic mass is 9.84. The first kappa shape index (κ1) is 23.3. The van der Waals surface area contributed by atoms with Crippen molar-refractivity contribution < 1.29 is 24.2 Å². The summed E-state index contributed by atoms with van der Waals surface area (Å²) < 4.78 is 5.30. The molecule has 5 N–H and O–H groups in total. The molecule has 0 radical (unpaired) electrons. The number of nitrogens with one attached hydrogen (secondary N) is 2. The molecule has 1 aromatic carbocycles. The van der Waals surface area contributed by atoms with Gasteiger partial charge in [0.15, 0.2) is 0 Å². The molecule has 0 aliphatic rings. The molecule has 2 amide bonds. The molecule has 0 saturated heterocycles. The molecule has 28 heavy (non-hydrogen) atoms. The molecule has 0 fully saturated rings. The molecule has 0 saturated carbocycles. The molecule has 8 nitrogen and oxygen atoms in total. The highest BCUT2D eigenvalue weighted by Gasteiger charge is 2.32. The summed E-state index contributed by atoms with van der Waals surface area (Å²) >= 11 is 0. The lowest BCUT2D eigenvalue weighted by Crippen LogP contribution is -2.43. The number of carboxylic acid groups (broad SMARTS) is 1. The molecule has 0 aliphatic carbocycles. The maximum atomic E-state index is 12.2. The SMILES string of the molecule is CC(C)(C)OC(=O)N[C@@H](Cc1ccc(NCC(N)=O)cc1)CC(C)(C)C(=O)O. The van der Waals surface area contributed by atoms with E-state index in [9.17, 15) is 19.5 Å². The Labute approximate surface area is 165 Å². The second-order valence-corrected chi connectivity index (χ2v) is 8.46. The standard InChI is InChI=1S/C20H31N3O5/c1-19(2,3)28-18(27)23-15(11-20(4,5)17(25)26)10-13-6-8-14(9-7-13)22-12-16(21)24/h6-9,15,22H,10-12H2,1-5H3,(H2,21,24)(H,23,27)(H,25,26)/t15-/m0/s1. The quantitative estimate of drug-likeness (QED) is 0.510. The highest BCUT2D eigenvalue weighted by molar-refractivity contribution is 5.78. The van der Waals surface area contributed by atoms with Gasteiger partial charge in [-0.25, -0.2) is 4.79 Å². The third-order valence-corrected chi connectivity index (χ3v) is 3.96. The minimum Gasteiger partial charge on any atom is -0.481 e. The summed E-state index contributed by atoms with van der Waals surface area (Å²) in [6.07, 6.45) is 0.0911. The van der Waals surface area contributed by atoms with E-state index in [2.05, 4.69) is 10.6 Å². The molecule has 0 spiro atoms. The molecule has 0 aliphatic heterocycles. The average Bonchev–Trinajstić information content (AvgIpc) is 2.51. The van der Waals surface area contributed by atoms with Crippen molar-refractivity contribution in [1.82, 2.24) is 5.32 Å². The van der Waals surface area contributed by atoms with Crippen LogP contribution in [0.15, 0.2) is 24.3 Å². The molecule has 8 heteroatoms. The molecular formula is C20H31N3O5. The van der Waals surface area contributed by atoms with Crippen LogP contribution in [0.2, 0.25) is 0 Å². The summed E-state index contributed by atoms with van der Waals surface area (Å²) in [6.45, 7) is 8.57. The number of hydrogen-bond donors (Lipinski definition) is 4. The number of carbonyl (C=O) groups excluding carboxylic acids is 2. The van der Waals surface area contributed by atoms with Gasteiger partial charge >= 0.3 is 12.1 Å². The van der Waals surface area contributed by atoms with Crippen LogP contribution in [0.3, 0.4) is 0 Å². The summed E-state index contributed by atoms with van der Waals surface area (Å²) in [5, 5.41) is 15.1. The van der Waals surface area contributed by atoms with E-state index in [-0.39, 0.29) is 13.0 Å². The van der Waals surface area contributed by atoms with E-state index in [0.29, 0.717) is 6.42 Å². The van der Waals surface area contributed by atoms with Crippen LogP contribution in [0, 0.1) is 5.41 Å². The minimum absolute atomic E-state index is 0.0367. The Morgan fingerprint density at radius 1 is 1.11 bits per heavy atom. The first-order valence-electron chi connectivity index (χ1n) is 9.12. The van der Waals surface area contributed by atoms with Gasteiger partial charge in [0.1, 0.15) is 5.60 Å². The molecule has 0 bridgehead atoms. The molecule has 1 aromatic rings. The highest BCUT2D eigenvalue weighted by atomic mass is 16.6. The number of rotatable bonds is 9. The van der Waals surface area contributed by atoms with Crippen LogP contribution >= 0.6 is 0 Å². The van der Waals surface area contributed by atoms with E-state index in [1.165, 1.54) is 0 Å². The van der Waals surface area contributed by atoms with Crippen molar-refractivity contribution in [3.8, 4) is 0 Å². The van der Waals surface area contributed by atoms with Crippen molar-refractivity contribution in [2.24, 2.45) is 11.1 Å². The second kappa shape index (κ2) is 9.43. The van der Waals surface area contributed by atoms with Crippen LogP contribution in [0.5, 0.6) is 0 Å². The van der Waals surface area contributed by atoms with E-state index in [4.69, 9.17) is 10.5 Å². The van der Waals surface area contributed by atoms with Crippen LogP contribution in [-0.4, -0.2) is 41.3 Å². The number of hydrogen-bond acceptors (Lipinski definition) is 5. The first-order chi connectivity index (χ1) is 12.8. The van der Waals surface area contributed by atoms with Gasteiger partial charge in [0.05, 0.1) is 12.0 Å². The van der Waals surface area contributed by atoms with Gasteiger partial charge in [0.2, 0.25) is 5.91 Å². The topological polar surface area (TPSA) is 131 Å². The Kier molecular flexibility index (Phi) is 7.84. The maximum absolute atomic E-state index is 12.2. The molecule has 1 rings (SSSR count). The van der Waals surface area contributed by atoms with Crippen LogP contribution in [0.4, 0.5) is 10.5 Å². The third kappa shape index (κ3) is 8.75. The van der Waals surface area contributed by atoms with Crippen molar-refractivity contribution in [2.45, 2.75) is 59.1 Å². The van der Waals surface area contributed by atoms with E-state index >= 15 is 0 Å². The van der Waals surface area contributed by atoms with Gasteiger partial charge in [-0.1, -0.05) is 12.1 Å². The summed E-state index contributed by atoms with van der Waals surface area (Å²) in [6, 6.07) is 6.86. The monoisotopic (exact) mass is 393 g/mol. The fourth-order valence-electron chi connectivity index (χ4n) is 2.58. The Morgan fingerprint density at radius 3 is 2.14 bits per heavy atom. The lowest BCUT2D eigenvalue weighted by Gasteiger charge is -2.28. The number of amides is 2. The third-order valence-electron chi connectivity index (χ3n) is 3.96. The first-order valence-corrected chi connectivity index (χ1v) is 9.12. The van der Waals surface area contributed by atoms with Crippen LogP contribution in [0.1, 0.15) is 46.6 Å². The van der Waals surface area contributed by atoms with Crippen molar-refractivity contribution in [2.75, 3.05) is 11.9 Å². The van der Waals surface area contributed by atoms with Gasteiger partial charge in [0.25, 0.3) is 0 Å². The van der Waals surface area contributed by atoms with Crippen LogP contribution < -0.4 is 16.4 Å². The molecular weight excluding hydrogens is 362 g/mol. The molecule has 1 atom stereocenters. The highest BCUT2D eigenvalue weighted by Crippen LogP contribution is 2.25. The zero-order valence-electron chi connectivity index (χ0n) is 17.2. The van der Waals surface area contributed by atoms with Crippen LogP contribution in [-0.2, 0) is 20.7 Å². The van der Waals surface area contributed by atoms with Gasteiger partial charge in [0, 0.05) is 11.7 Å². The molecule has 0 unspecified atom stereocenters. The summed E-state index contributed by atoms with van der Waals surface area (Å²) in [5.74, 6) is -1.39. The Balaban J connectivity index is 2.87. The lowest BCUT2D eigenvalue weighted by molar-refractivity contribution is -0.147. The maximum Gasteiger partial charge on any atom is 0.407 e. The summed E-state index contributed by atoms with van der Waals surface area (Å²) in [5.41, 5.74) is 5.10. The predicted molar refractivity (Wildman–Crippen MR) is 107 cm³/mol. The predicted octanol–water partition coefficient (Wildman–Crippen LogP) is 2.52. The molecule has 0 aromatic heterocycles. The average molecular weight is 393 g/mol. The van der Waals surface area contributed by atoms with Gasteiger partial charge in [-0.2, -0.15) is 0 Å². The number of benzene rings is 1. The number of nitrogens with two attached hydrogens (primary N) is 1. The van der Waals surface area contributed by atoms with Gasteiger partial charge < -0.3 is 26.2 Å². The number of primary amides is 1. The van der Waals surface area contributed by atoms with E-state index < -0.39 is 35.0 Å². The van der Waals surface area contributed by atoms with Gasteiger partial charge in [-0.3, -0.25) is 9.59 Å². The fraction of sp³-hybridized carbons (Fsp3) is 0.550. The second-order valence-electron chi connectivity index (χ2n) is 8.46. The number of carboxylic acids is 1. The van der Waals surface area contributed by atoms with E-state index in [0.717, 1.165) is 11.3 Å². The number of carbonyl (C=O) groups is 3. The summed E-state index contributed by atoms with van der Waals surface area (Å²) in [4.78, 5) is 34.5. The fourth-order valence-corrected chi connectivity index (χ4v) is 2.58. The van der Waals surface area contributed by atoms with Crippen LogP contribution in [0.25, 0.3) is 0 Å². The molecule has 0 heterocycles. The van der Waals surface area contributed by atoms with E-state index in [1.54, 1.807) is 46.8 Å². The van der Waals surface area contributed by atoms with Gasteiger partial charge in [-0.15, -0.1) is 0 Å². The number of ether oxygens (including phenoxy) is 1. The number of alkyl carbamates (subject to hydrolysis) is 1. The zero-order chi connectivity index (χ0) is 21.5. The van der Waals surface area contributed by atoms with Crippen molar-refractivity contribution in [3.05, 3.63) is 29.8 Å². The largest absolute Gasteiger partial charge is 0.481 e. The van der Waals surface area contributed by atoms with Crippen molar-refractivity contribution >= 4 is 23.7 Å². The normalized spacial score (nSPS) is 12.8. The number of anilines is 1. The van der Waals surface area contributed by atoms with E-state index in [1.807, 2.05) is 12.1 Å². The minimum atomic E-state index is -1.01. The zero-order valence-corrected chi connectivity index (χ0v) is 17.2. The Morgan fingerprint density at radius 2 is 1.68 bits per heavy atom. The van der Waals surface area contributed by atoms with Crippen molar-refractivity contribution in [1.29, 1.82) is 0 Å². The van der Waals surface area contributed by atoms with Crippen molar-refractivity contribution in [3.63, 3.8) is 0 Å². The Hall–Kier alpha value is -2.77. The Bertz CT molecular complexity index is 693.